The van der Waals surface area contributed by atoms with E-state index in [2.05, 4.69) is 86.9 Å². The molecule has 162 valence electrons. The zero-order valence-electron chi connectivity index (χ0n) is 19.6. The molecular formula is C27H34N4. The Morgan fingerprint density at radius 1 is 0.968 bits per heavy atom. The molecule has 31 heavy (non-hydrogen) atoms. The Morgan fingerprint density at radius 2 is 1.68 bits per heavy atom. The Balaban J connectivity index is 1.60. The molecule has 0 spiro atoms. The smallest absolute Gasteiger partial charge is 0.232 e. The molecule has 4 rings (SSSR count). The molecule has 0 radical (unpaired) electrons. The van der Waals surface area contributed by atoms with Gasteiger partial charge in [-0.25, -0.2) is 4.98 Å². The van der Waals surface area contributed by atoms with Crippen LogP contribution < -0.4 is 9.80 Å². The van der Waals surface area contributed by atoms with Crippen molar-refractivity contribution >= 4 is 17.5 Å². The molecule has 1 aromatic heterocycles. The van der Waals surface area contributed by atoms with E-state index < -0.39 is 0 Å². The number of rotatable bonds is 7. The predicted molar refractivity (Wildman–Crippen MR) is 131 cm³/mol. The monoisotopic (exact) mass is 414 g/mol. The third kappa shape index (κ3) is 4.43. The van der Waals surface area contributed by atoms with Crippen molar-refractivity contribution in [3.05, 3.63) is 76.0 Å². The largest absolute Gasteiger partial charge is 0.356 e. The quantitative estimate of drug-likeness (QED) is 0.484. The van der Waals surface area contributed by atoms with Crippen LogP contribution in [0.25, 0.3) is 0 Å². The van der Waals surface area contributed by atoms with Gasteiger partial charge in [0.2, 0.25) is 5.95 Å². The van der Waals surface area contributed by atoms with Gasteiger partial charge >= 0.3 is 0 Å². The molecule has 0 bridgehead atoms. The summed E-state index contributed by atoms with van der Waals surface area (Å²) in [5.74, 6) is 1.96. The van der Waals surface area contributed by atoms with E-state index in [1.807, 2.05) is 0 Å². The van der Waals surface area contributed by atoms with Crippen LogP contribution in [-0.2, 0) is 12.8 Å². The molecule has 4 heteroatoms. The minimum absolute atomic E-state index is 0.823. The van der Waals surface area contributed by atoms with Crippen molar-refractivity contribution in [2.45, 2.75) is 53.9 Å². The van der Waals surface area contributed by atoms with E-state index in [-0.39, 0.29) is 0 Å². The van der Waals surface area contributed by atoms with Crippen LogP contribution in [0.5, 0.6) is 0 Å². The molecule has 3 aromatic rings. The van der Waals surface area contributed by atoms with Gasteiger partial charge in [-0.3, -0.25) is 0 Å². The molecule has 0 unspecified atom stereocenters. The molecule has 0 amide bonds. The van der Waals surface area contributed by atoms with Crippen LogP contribution in [0.2, 0.25) is 0 Å². The van der Waals surface area contributed by atoms with E-state index in [1.165, 1.54) is 33.5 Å². The van der Waals surface area contributed by atoms with Crippen molar-refractivity contribution in [2.24, 2.45) is 0 Å². The maximum atomic E-state index is 5.11. The average molecular weight is 415 g/mol. The van der Waals surface area contributed by atoms with Crippen LogP contribution in [0.3, 0.4) is 0 Å². The topological polar surface area (TPSA) is 32.3 Å². The number of hydrogen-bond acceptors (Lipinski definition) is 4. The van der Waals surface area contributed by atoms with Gasteiger partial charge in [0.1, 0.15) is 5.82 Å². The van der Waals surface area contributed by atoms with Crippen LogP contribution >= 0.6 is 0 Å². The SMILES string of the molecule is CCN(c1nc(C)c2c(n1)N(CCCc1ccccc1)CC2)c1c(C)cc(C)cc1C. The molecule has 0 aliphatic carbocycles. The molecule has 2 aromatic carbocycles. The first-order valence-corrected chi connectivity index (χ1v) is 11.5. The Labute approximate surface area is 187 Å². The Kier molecular flexibility index (Phi) is 6.26. The van der Waals surface area contributed by atoms with Gasteiger partial charge < -0.3 is 9.80 Å². The summed E-state index contributed by atoms with van der Waals surface area (Å²) in [6.45, 7) is 13.8. The molecule has 4 nitrogen and oxygen atoms in total. The van der Waals surface area contributed by atoms with E-state index in [0.29, 0.717) is 0 Å². The Bertz CT molecular complexity index is 1040. The number of anilines is 3. The minimum Gasteiger partial charge on any atom is -0.356 e. The van der Waals surface area contributed by atoms with Crippen LogP contribution in [0.15, 0.2) is 42.5 Å². The van der Waals surface area contributed by atoms with Gasteiger partial charge in [-0.1, -0.05) is 48.0 Å². The maximum absolute atomic E-state index is 5.11. The van der Waals surface area contributed by atoms with E-state index >= 15 is 0 Å². The fourth-order valence-corrected chi connectivity index (χ4v) is 4.93. The van der Waals surface area contributed by atoms with Gasteiger partial charge in [0.05, 0.1) is 0 Å². The highest BCUT2D eigenvalue weighted by molar-refractivity contribution is 5.68. The lowest BCUT2D eigenvalue weighted by Crippen LogP contribution is -2.25. The zero-order chi connectivity index (χ0) is 22.0. The second kappa shape index (κ2) is 9.09. The fraction of sp³-hybridized carbons (Fsp3) is 0.407. The van der Waals surface area contributed by atoms with E-state index in [9.17, 15) is 0 Å². The first kappa shape index (κ1) is 21.4. The number of nitrogens with zero attached hydrogens (tertiary/aromatic N) is 4. The number of fused-ring (bicyclic) bond motifs is 1. The molecule has 0 N–H and O–H groups in total. The second-order valence-corrected chi connectivity index (χ2v) is 8.73. The van der Waals surface area contributed by atoms with Gasteiger partial charge in [0.15, 0.2) is 0 Å². The normalized spacial score (nSPS) is 12.9. The van der Waals surface area contributed by atoms with Crippen molar-refractivity contribution in [2.75, 3.05) is 29.4 Å². The summed E-state index contributed by atoms with van der Waals surface area (Å²) in [6, 6.07) is 15.3. The minimum atomic E-state index is 0.823. The van der Waals surface area contributed by atoms with Crippen LogP contribution in [0.4, 0.5) is 17.5 Å². The highest BCUT2D eigenvalue weighted by Gasteiger charge is 2.26. The molecule has 0 fully saturated rings. The van der Waals surface area contributed by atoms with E-state index in [1.54, 1.807) is 0 Å². The van der Waals surface area contributed by atoms with Gasteiger partial charge in [0, 0.05) is 36.6 Å². The van der Waals surface area contributed by atoms with Crippen molar-refractivity contribution in [1.82, 2.24) is 9.97 Å². The third-order valence-electron chi connectivity index (χ3n) is 6.31. The fourth-order valence-electron chi connectivity index (χ4n) is 4.93. The molecule has 1 aliphatic rings. The van der Waals surface area contributed by atoms with E-state index in [0.717, 1.165) is 56.4 Å². The summed E-state index contributed by atoms with van der Waals surface area (Å²) in [5, 5.41) is 0. The highest BCUT2D eigenvalue weighted by Crippen LogP contribution is 2.35. The summed E-state index contributed by atoms with van der Waals surface area (Å²) < 4.78 is 0. The van der Waals surface area contributed by atoms with Gasteiger partial charge in [-0.15, -0.1) is 0 Å². The molecular weight excluding hydrogens is 380 g/mol. The van der Waals surface area contributed by atoms with Crippen molar-refractivity contribution in [3.8, 4) is 0 Å². The summed E-state index contributed by atoms with van der Waals surface area (Å²) in [5.41, 5.74) is 8.93. The molecule has 0 saturated heterocycles. The summed E-state index contributed by atoms with van der Waals surface area (Å²) >= 11 is 0. The van der Waals surface area contributed by atoms with Crippen LogP contribution in [0.1, 0.15) is 46.9 Å². The lowest BCUT2D eigenvalue weighted by Gasteiger charge is -2.27. The average Bonchev–Trinajstić information content (AvgIpc) is 3.15. The van der Waals surface area contributed by atoms with Crippen LogP contribution in [0, 0.1) is 27.7 Å². The molecule has 0 atom stereocenters. The second-order valence-electron chi connectivity index (χ2n) is 8.73. The number of aromatic nitrogens is 2. The van der Waals surface area contributed by atoms with Crippen molar-refractivity contribution in [3.63, 3.8) is 0 Å². The third-order valence-corrected chi connectivity index (χ3v) is 6.31. The molecule has 1 aliphatic heterocycles. The van der Waals surface area contributed by atoms with Gasteiger partial charge in [-0.2, -0.15) is 4.98 Å². The summed E-state index contributed by atoms with van der Waals surface area (Å²) in [6.07, 6.45) is 3.28. The Hall–Kier alpha value is -2.88. The predicted octanol–water partition coefficient (Wildman–Crippen LogP) is 5.86. The highest BCUT2D eigenvalue weighted by atomic mass is 15.3. The lowest BCUT2D eigenvalue weighted by molar-refractivity contribution is 0.744. The molecule has 0 saturated carbocycles. The first-order chi connectivity index (χ1) is 15.0. The molecule has 2 heterocycles. The maximum Gasteiger partial charge on any atom is 0.232 e. The van der Waals surface area contributed by atoms with Crippen molar-refractivity contribution in [1.29, 1.82) is 0 Å². The summed E-state index contributed by atoms with van der Waals surface area (Å²) in [4.78, 5) is 14.8. The number of hydrogen-bond donors (Lipinski definition) is 0. The zero-order valence-corrected chi connectivity index (χ0v) is 19.6. The van der Waals surface area contributed by atoms with Gasteiger partial charge in [0.25, 0.3) is 0 Å². The van der Waals surface area contributed by atoms with E-state index in [4.69, 9.17) is 9.97 Å². The lowest BCUT2D eigenvalue weighted by atomic mass is 10.0. The number of benzene rings is 2. The van der Waals surface area contributed by atoms with Crippen molar-refractivity contribution < 1.29 is 0 Å². The first-order valence-electron chi connectivity index (χ1n) is 11.5. The summed E-state index contributed by atoms with van der Waals surface area (Å²) in [7, 11) is 0. The number of aryl methyl sites for hydroxylation is 5. The van der Waals surface area contributed by atoms with Crippen LogP contribution in [-0.4, -0.2) is 29.6 Å². The van der Waals surface area contributed by atoms with Gasteiger partial charge in [-0.05, 0) is 70.6 Å². The Morgan fingerprint density at radius 3 is 2.35 bits per heavy atom. The standard InChI is InChI=1S/C27H34N4/c1-6-31(25-20(3)17-19(2)18-21(25)4)27-28-22(5)24-14-16-30(26(24)29-27)15-10-13-23-11-8-7-9-12-23/h7-9,11-12,17-18H,6,10,13-16H2,1-5H3.